The van der Waals surface area contributed by atoms with Crippen LogP contribution in [0.25, 0.3) is 0 Å². The van der Waals surface area contributed by atoms with Crippen LogP contribution in [0.5, 0.6) is 0 Å². The minimum Gasteiger partial charge on any atom is -0.462 e. The third-order valence-corrected chi connectivity index (χ3v) is 14.7. The van der Waals surface area contributed by atoms with E-state index in [0.29, 0.717) is 12.0 Å². The van der Waals surface area contributed by atoms with Crippen molar-refractivity contribution in [1.29, 1.82) is 0 Å². The van der Waals surface area contributed by atoms with Gasteiger partial charge in [0, 0.05) is 37.0 Å². The fourth-order valence-electron chi connectivity index (χ4n) is 11.6. The van der Waals surface area contributed by atoms with Crippen molar-refractivity contribution in [3.8, 4) is 0 Å². The van der Waals surface area contributed by atoms with Crippen LogP contribution in [0.1, 0.15) is 191 Å². The van der Waals surface area contributed by atoms with Crippen molar-refractivity contribution in [2.45, 2.75) is 208 Å². The molecule has 0 heterocycles. The maximum absolute atomic E-state index is 13.4. The van der Waals surface area contributed by atoms with Gasteiger partial charge in [-0.2, -0.15) is 0 Å². The number of rotatable bonds is 20. The SMILES string of the molecule is CC(C)CCC[C@@H](C)[C@H]1CC[C@H]2[C@@H]3CC=C4C[C@@H](OC(=O)CCC(=O)N(CCCCCCCC(C)(C)N)CCC(C)(C)N)CC[C@]4(C)[C@H]3CC[C@]12C. The second-order valence-corrected chi connectivity index (χ2v) is 20.8. The first kappa shape index (κ1) is 43.3. The van der Waals surface area contributed by atoms with Crippen LogP contribution in [0.2, 0.25) is 0 Å². The minimum absolute atomic E-state index is 0.0479. The van der Waals surface area contributed by atoms with Gasteiger partial charge in [-0.1, -0.05) is 91.2 Å². The van der Waals surface area contributed by atoms with Crippen molar-refractivity contribution in [2.75, 3.05) is 13.1 Å². The van der Waals surface area contributed by atoms with Gasteiger partial charge in [0.05, 0.1) is 6.42 Å². The minimum atomic E-state index is -0.335. The quantitative estimate of drug-likeness (QED) is 0.0739. The summed E-state index contributed by atoms with van der Waals surface area (Å²) >= 11 is 0. The van der Waals surface area contributed by atoms with E-state index in [4.69, 9.17) is 16.2 Å². The largest absolute Gasteiger partial charge is 0.462 e. The average molecular weight is 726 g/mol. The van der Waals surface area contributed by atoms with E-state index in [-0.39, 0.29) is 47.3 Å². The van der Waals surface area contributed by atoms with E-state index in [2.05, 4.69) is 54.5 Å². The van der Waals surface area contributed by atoms with E-state index in [1.54, 1.807) is 5.57 Å². The molecule has 0 saturated heterocycles. The number of nitrogens with zero attached hydrogens (tertiary/aromatic N) is 1. The number of carbonyl (C=O) groups excluding carboxylic acids is 2. The number of esters is 1. The molecule has 0 radical (unpaired) electrons. The lowest BCUT2D eigenvalue weighted by Crippen LogP contribution is -2.51. The summed E-state index contributed by atoms with van der Waals surface area (Å²) in [5.74, 6) is 4.79. The molecule has 4 rings (SSSR count). The van der Waals surface area contributed by atoms with Crippen molar-refractivity contribution >= 4 is 11.9 Å². The number of fused-ring (bicyclic) bond motifs is 5. The van der Waals surface area contributed by atoms with E-state index < -0.39 is 0 Å². The Morgan fingerprint density at radius 3 is 2.21 bits per heavy atom. The Morgan fingerprint density at radius 2 is 1.52 bits per heavy atom. The van der Waals surface area contributed by atoms with Crippen molar-refractivity contribution in [3.63, 3.8) is 0 Å². The van der Waals surface area contributed by atoms with Gasteiger partial charge in [-0.05, 0) is 138 Å². The fraction of sp³-hybridized carbons (Fsp3) is 0.913. The molecule has 0 spiro atoms. The molecule has 0 unspecified atom stereocenters. The molecule has 0 aromatic heterocycles. The molecular weight excluding hydrogens is 643 g/mol. The summed E-state index contributed by atoms with van der Waals surface area (Å²) in [6.45, 7) is 22.1. The van der Waals surface area contributed by atoms with E-state index in [9.17, 15) is 9.59 Å². The van der Waals surface area contributed by atoms with Crippen LogP contribution in [-0.2, 0) is 14.3 Å². The number of amides is 1. The van der Waals surface area contributed by atoms with Crippen LogP contribution in [-0.4, -0.2) is 47.0 Å². The van der Waals surface area contributed by atoms with Gasteiger partial charge in [-0.25, -0.2) is 0 Å². The Kier molecular flexibility index (Phi) is 15.4. The maximum atomic E-state index is 13.4. The van der Waals surface area contributed by atoms with Gasteiger partial charge in [-0.15, -0.1) is 0 Å². The fourth-order valence-corrected chi connectivity index (χ4v) is 11.6. The molecule has 0 aromatic carbocycles. The van der Waals surface area contributed by atoms with Crippen LogP contribution < -0.4 is 11.5 Å². The number of nitrogens with two attached hydrogens (primary N) is 2. The van der Waals surface area contributed by atoms with Crippen molar-refractivity contribution in [1.82, 2.24) is 4.90 Å². The Labute approximate surface area is 320 Å². The summed E-state index contributed by atoms with van der Waals surface area (Å²) in [6, 6.07) is 0. The van der Waals surface area contributed by atoms with Crippen LogP contribution in [0.3, 0.4) is 0 Å². The number of allylic oxidation sites excluding steroid dienone is 1. The van der Waals surface area contributed by atoms with E-state index in [1.807, 2.05) is 18.7 Å². The lowest BCUT2D eigenvalue weighted by molar-refractivity contribution is -0.153. The topological polar surface area (TPSA) is 98.7 Å². The normalized spacial score (nSPS) is 31.0. The van der Waals surface area contributed by atoms with Crippen LogP contribution in [0.15, 0.2) is 11.6 Å². The predicted molar refractivity (Wildman–Crippen MR) is 218 cm³/mol. The molecule has 4 aliphatic rings. The zero-order valence-electron chi connectivity index (χ0n) is 35.5. The molecule has 1 amide bonds. The lowest BCUT2D eigenvalue weighted by atomic mass is 9.47. The first-order valence-electron chi connectivity index (χ1n) is 22.1. The lowest BCUT2D eigenvalue weighted by Gasteiger charge is -2.58. The number of hydrogen-bond acceptors (Lipinski definition) is 5. The van der Waals surface area contributed by atoms with Crippen LogP contribution in [0, 0.1) is 46.3 Å². The summed E-state index contributed by atoms with van der Waals surface area (Å²) in [7, 11) is 0. The van der Waals surface area contributed by atoms with Crippen LogP contribution in [0.4, 0.5) is 0 Å². The number of unbranched alkanes of at least 4 members (excludes halogenated alkanes) is 4. The van der Waals surface area contributed by atoms with Gasteiger partial charge in [0.1, 0.15) is 6.10 Å². The highest BCUT2D eigenvalue weighted by atomic mass is 16.5. The standard InChI is InChI=1S/C46H83N3O3/c1-33(2)16-15-17-34(3)38-20-21-39-37-19-18-35-32-36(24-27-45(35,8)40(37)25-28-46(38,39)9)52-42(51)23-22-41(50)49(31-29-44(6,7)48)30-14-12-10-11-13-26-43(4,5)47/h18,33-34,36-40H,10-17,19-32,47-48H2,1-9H3/t34-,36+,37+,38-,39+,40+,45+,46-/m1/s1. The summed E-state index contributed by atoms with van der Waals surface area (Å²) in [5, 5.41) is 0. The highest BCUT2D eigenvalue weighted by molar-refractivity contribution is 5.81. The first-order chi connectivity index (χ1) is 24.3. The molecule has 3 saturated carbocycles. The number of carbonyl (C=O) groups is 2. The Morgan fingerprint density at radius 1 is 0.827 bits per heavy atom. The van der Waals surface area contributed by atoms with Gasteiger partial charge < -0.3 is 21.1 Å². The Hall–Kier alpha value is -1.40. The first-order valence-corrected chi connectivity index (χ1v) is 22.1. The highest BCUT2D eigenvalue weighted by Crippen LogP contribution is 2.67. The molecule has 0 aliphatic heterocycles. The molecule has 6 nitrogen and oxygen atoms in total. The molecule has 0 aromatic rings. The van der Waals surface area contributed by atoms with Crippen molar-refractivity contribution in [2.24, 2.45) is 57.8 Å². The molecule has 300 valence electrons. The third kappa shape index (κ3) is 11.8. The Balaban J connectivity index is 1.25. The molecule has 6 heteroatoms. The third-order valence-electron chi connectivity index (χ3n) is 14.7. The second kappa shape index (κ2) is 18.5. The second-order valence-electron chi connectivity index (χ2n) is 20.8. The predicted octanol–water partition coefficient (Wildman–Crippen LogP) is 10.8. The van der Waals surface area contributed by atoms with Crippen molar-refractivity contribution in [3.05, 3.63) is 11.6 Å². The maximum Gasteiger partial charge on any atom is 0.306 e. The smallest absolute Gasteiger partial charge is 0.306 e. The van der Waals surface area contributed by atoms with Gasteiger partial charge >= 0.3 is 5.97 Å². The molecule has 4 aliphatic carbocycles. The van der Waals surface area contributed by atoms with Crippen LogP contribution >= 0.6 is 0 Å². The van der Waals surface area contributed by atoms with Crippen molar-refractivity contribution < 1.29 is 14.3 Å². The van der Waals surface area contributed by atoms with Gasteiger partial charge in [-0.3, -0.25) is 9.59 Å². The average Bonchev–Trinajstić information content (AvgIpc) is 3.41. The van der Waals surface area contributed by atoms with Gasteiger partial charge in [0.2, 0.25) is 5.91 Å². The summed E-state index contributed by atoms with van der Waals surface area (Å²) in [6.07, 6.45) is 24.1. The zero-order chi connectivity index (χ0) is 38.3. The number of hydrogen-bond donors (Lipinski definition) is 2. The van der Waals surface area contributed by atoms with E-state index >= 15 is 0 Å². The number of ether oxygens (including phenoxy) is 1. The molecule has 0 bridgehead atoms. The Bertz CT molecular complexity index is 1180. The zero-order valence-corrected chi connectivity index (χ0v) is 35.5. The van der Waals surface area contributed by atoms with E-state index in [0.717, 1.165) is 99.8 Å². The molecule has 3 fully saturated rings. The molecule has 8 atom stereocenters. The molecule has 4 N–H and O–H groups in total. The monoisotopic (exact) mass is 726 g/mol. The van der Waals surface area contributed by atoms with E-state index in [1.165, 1.54) is 57.8 Å². The summed E-state index contributed by atoms with van der Waals surface area (Å²) in [5.41, 5.74) is 14.3. The molecular formula is C46H83N3O3. The van der Waals surface area contributed by atoms with Gasteiger partial charge in [0.15, 0.2) is 0 Å². The highest BCUT2D eigenvalue weighted by Gasteiger charge is 2.59. The van der Waals surface area contributed by atoms with Gasteiger partial charge in [0.25, 0.3) is 0 Å². The summed E-state index contributed by atoms with van der Waals surface area (Å²) in [4.78, 5) is 28.5. The summed E-state index contributed by atoms with van der Waals surface area (Å²) < 4.78 is 6.12. The molecule has 52 heavy (non-hydrogen) atoms.